The fourth-order valence-electron chi connectivity index (χ4n) is 7.70. The summed E-state index contributed by atoms with van der Waals surface area (Å²) in [6.45, 7) is 0. The van der Waals surface area contributed by atoms with Crippen LogP contribution in [0.4, 0.5) is 0 Å². The normalized spacial score (nSPS) is 12.4. The molecule has 7 aromatic carbocycles. The molecule has 0 unspecified atom stereocenters. The summed E-state index contributed by atoms with van der Waals surface area (Å²) in [6.07, 6.45) is 0. The molecule has 0 bridgehead atoms. The first-order chi connectivity index (χ1) is 23.3. The standard InChI is InChI=1S/C42H24N4O/c1-2-11-26-24-27(21-20-25(26)10-1)45-33-16-6-3-12-28(33)29-22-23-35-38(41(29)45)30-13-4-7-17-34(30)46(35)42-43-32-15-9-19-37-39(32)40(44-42)31-14-5-8-18-36(31)47-37/h1-24H. The van der Waals surface area contributed by atoms with E-state index in [0.717, 1.165) is 55.8 Å². The van der Waals surface area contributed by atoms with Crippen molar-refractivity contribution >= 4 is 65.3 Å². The number of aromatic nitrogens is 4. The Morgan fingerprint density at radius 3 is 2.13 bits per heavy atom. The summed E-state index contributed by atoms with van der Waals surface area (Å²) < 4.78 is 11.0. The Bertz CT molecular complexity index is 2950. The third kappa shape index (κ3) is 3.32. The Balaban J connectivity index is 1.29. The number of hydrogen-bond donors (Lipinski definition) is 0. The molecule has 0 N–H and O–H groups in total. The van der Waals surface area contributed by atoms with Crippen molar-refractivity contribution in [2.24, 2.45) is 0 Å². The van der Waals surface area contributed by atoms with Gasteiger partial charge in [0.05, 0.1) is 38.7 Å². The fraction of sp³-hybridized carbons (Fsp3) is 0. The maximum atomic E-state index is 6.29. The van der Waals surface area contributed by atoms with Gasteiger partial charge in [0.25, 0.3) is 0 Å². The van der Waals surface area contributed by atoms with Gasteiger partial charge in [-0.25, -0.2) is 9.97 Å². The largest absolute Gasteiger partial charge is 0.456 e. The summed E-state index contributed by atoms with van der Waals surface area (Å²) in [6, 6.07) is 51.3. The van der Waals surface area contributed by atoms with Gasteiger partial charge in [-0.05, 0) is 65.4 Å². The lowest BCUT2D eigenvalue weighted by Crippen LogP contribution is -2.06. The van der Waals surface area contributed by atoms with Crippen LogP contribution >= 0.6 is 0 Å². The molecule has 0 saturated heterocycles. The summed E-state index contributed by atoms with van der Waals surface area (Å²) in [5.74, 6) is 2.23. The van der Waals surface area contributed by atoms with Crippen LogP contribution in [0.25, 0.3) is 88.2 Å². The summed E-state index contributed by atoms with van der Waals surface area (Å²) in [5, 5.41) is 8.16. The van der Waals surface area contributed by atoms with Gasteiger partial charge in [0.15, 0.2) is 0 Å². The van der Waals surface area contributed by atoms with E-state index in [9.17, 15) is 0 Å². The topological polar surface area (TPSA) is 44.9 Å². The molecule has 5 nitrogen and oxygen atoms in total. The quantitative estimate of drug-likeness (QED) is 0.198. The Hall–Kier alpha value is -6.46. The van der Waals surface area contributed by atoms with Crippen LogP contribution in [0.2, 0.25) is 0 Å². The highest BCUT2D eigenvalue weighted by atomic mass is 16.5. The molecular weight excluding hydrogens is 576 g/mol. The van der Waals surface area contributed by atoms with E-state index in [-0.39, 0.29) is 0 Å². The third-order valence-electron chi connectivity index (χ3n) is 9.70. The second-order valence-electron chi connectivity index (χ2n) is 12.2. The highest BCUT2D eigenvalue weighted by molar-refractivity contribution is 6.26. The second kappa shape index (κ2) is 9.05. The van der Waals surface area contributed by atoms with E-state index < -0.39 is 0 Å². The molecule has 4 heterocycles. The molecule has 10 aromatic rings. The van der Waals surface area contributed by atoms with Gasteiger partial charge in [-0.1, -0.05) is 91.0 Å². The van der Waals surface area contributed by atoms with Crippen LogP contribution in [0.1, 0.15) is 0 Å². The van der Waals surface area contributed by atoms with Crippen molar-refractivity contribution in [1.82, 2.24) is 19.1 Å². The molecule has 0 amide bonds. The number of fused-ring (bicyclic) bond motifs is 10. The Morgan fingerprint density at radius 1 is 0.468 bits per heavy atom. The first-order valence-corrected chi connectivity index (χ1v) is 15.8. The minimum absolute atomic E-state index is 0.639. The van der Waals surface area contributed by atoms with Crippen LogP contribution in [-0.4, -0.2) is 19.1 Å². The molecule has 0 spiro atoms. The minimum Gasteiger partial charge on any atom is -0.456 e. The van der Waals surface area contributed by atoms with Gasteiger partial charge in [0.1, 0.15) is 11.5 Å². The highest BCUT2D eigenvalue weighted by Gasteiger charge is 2.26. The zero-order chi connectivity index (χ0) is 30.6. The molecule has 0 saturated carbocycles. The van der Waals surface area contributed by atoms with E-state index in [1.165, 1.54) is 38.0 Å². The van der Waals surface area contributed by atoms with Crippen molar-refractivity contribution in [1.29, 1.82) is 0 Å². The van der Waals surface area contributed by atoms with Gasteiger partial charge in [-0.15, -0.1) is 0 Å². The van der Waals surface area contributed by atoms with Crippen molar-refractivity contribution in [2.75, 3.05) is 0 Å². The SMILES string of the molecule is c1ccc2c(c1)Oc1cccc3nc(-n4c5ccccc5c5c4ccc4c6ccccc6n(-c6ccc7ccccc7c6)c45)nc-2c13. The molecule has 1 aliphatic rings. The number of benzene rings is 7. The van der Waals surface area contributed by atoms with Gasteiger partial charge in [-0.2, -0.15) is 0 Å². The lowest BCUT2D eigenvalue weighted by molar-refractivity contribution is 0.486. The van der Waals surface area contributed by atoms with E-state index in [2.05, 4.69) is 124 Å². The summed E-state index contributed by atoms with van der Waals surface area (Å²) in [5.41, 5.74) is 8.33. The van der Waals surface area contributed by atoms with Crippen molar-refractivity contribution in [3.05, 3.63) is 146 Å². The monoisotopic (exact) mass is 600 g/mol. The predicted molar refractivity (Wildman–Crippen MR) is 191 cm³/mol. The minimum atomic E-state index is 0.639. The average Bonchev–Trinajstić information content (AvgIpc) is 3.64. The number of rotatable bonds is 2. The van der Waals surface area contributed by atoms with E-state index in [1.54, 1.807) is 0 Å². The summed E-state index contributed by atoms with van der Waals surface area (Å²) in [4.78, 5) is 10.5. The summed E-state index contributed by atoms with van der Waals surface area (Å²) >= 11 is 0. The smallest absolute Gasteiger partial charge is 0.235 e. The molecule has 1 aliphatic heterocycles. The van der Waals surface area contributed by atoms with Gasteiger partial charge in [-0.3, -0.25) is 4.57 Å². The maximum Gasteiger partial charge on any atom is 0.235 e. The number of hydrogen-bond acceptors (Lipinski definition) is 3. The van der Waals surface area contributed by atoms with Crippen molar-refractivity contribution in [3.63, 3.8) is 0 Å². The maximum absolute atomic E-state index is 6.29. The first-order valence-electron chi connectivity index (χ1n) is 15.8. The van der Waals surface area contributed by atoms with Crippen LogP contribution in [0.3, 0.4) is 0 Å². The van der Waals surface area contributed by atoms with Crippen molar-refractivity contribution < 1.29 is 4.74 Å². The van der Waals surface area contributed by atoms with E-state index in [0.29, 0.717) is 5.95 Å². The third-order valence-corrected chi connectivity index (χ3v) is 9.70. The lowest BCUT2D eigenvalue weighted by Gasteiger charge is -2.20. The molecule has 0 radical (unpaired) electrons. The van der Waals surface area contributed by atoms with Gasteiger partial charge >= 0.3 is 0 Å². The van der Waals surface area contributed by atoms with Crippen LogP contribution < -0.4 is 4.74 Å². The molecule has 3 aromatic heterocycles. The molecule has 0 aliphatic carbocycles. The number of nitrogens with zero attached hydrogens (tertiary/aromatic N) is 4. The van der Waals surface area contributed by atoms with Crippen LogP contribution in [-0.2, 0) is 0 Å². The second-order valence-corrected chi connectivity index (χ2v) is 12.2. The Morgan fingerprint density at radius 2 is 1.21 bits per heavy atom. The van der Waals surface area contributed by atoms with Crippen molar-refractivity contribution in [2.45, 2.75) is 0 Å². The molecule has 218 valence electrons. The molecule has 0 atom stereocenters. The van der Waals surface area contributed by atoms with Crippen molar-refractivity contribution in [3.8, 4) is 34.4 Å². The van der Waals surface area contributed by atoms with Gasteiger partial charge in [0, 0.05) is 32.8 Å². The van der Waals surface area contributed by atoms with Crippen LogP contribution in [0, 0.1) is 0 Å². The summed E-state index contributed by atoms with van der Waals surface area (Å²) in [7, 11) is 0. The molecular formula is C42H24N4O. The van der Waals surface area contributed by atoms with E-state index >= 15 is 0 Å². The van der Waals surface area contributed by atoms with Gasteiger partial charge < -0.3 is 9.30 Å². The lowest BCUT2D eigenvalue weighted by atomic mass is 10.0. The zero-order valence-corrected chi connectivity index (χ0v) is 25.1. The zero-order valence-electron chi connectivity index (χ0n) is 25.1. The highest BCUT2D eigenvalue weighted by Crippen LogP contribution is 2.46. The van der Waals surface area contributed by atoms with Gasteiger partial charge in [0.2, 0.25) is 5.95 Å². The van der Waals surface area contributed by atoms with E-state index in [1.807, 2.05) is 30.3 Å². The van der Waals surface area contributed by atoms with Crippen LogP contribution in [0.15, 0.2) is 146 Å². The number of ether oxygens (including phenoxy) is 1. The Labute approximate surface area is 268 Å². The Kier molecular flexibility index (Phi) is 4.78. The molecule has 0 fully saturated rings. The predicted octanol–water partition coefficient (Wildman–Crippen LogP) is 10.7. The molecule has 47 heavy (non-hydrogen) atoms. The average molecular weight is 601 g/mol. The molecule has 5 heteroatoms. The first kappa shape index (κ1) is 24.8. The van der Waals surface area contributed by atoms with E-state index in [4.69, 9.17) is 14.7 Å². The number of para-hydroxylation sites is 3. The van der Waals surface area contributed by atoms with Crippen LogP contribution in [0.5, 0.6) is 11.5 Å². The fourth-order valence-corrected chi connectivity index (χ4v) is 7.70. The molecule has 11 rings (SSSR count).